The second-order valence-electron chi connectivity index (χ2n) is 7.78. The molecule has 2 aromatic rings. The molecule has 1 N–H and O–H groups in total. The zero-order valence-electron chi connectivity index (χ0n) is 18.2. The maximum absolute atomic E-state index is 12.3. The Hall–Kier alpha value is -1.55. The van der Waals surface area contributed by atoms with Gasteiger partial charge in [0.15, 0.2) is 0 Å². The van der Waals surface area contributed by atoms with Crippen molar-refractivity contribution < 1.29 is 9.00 Å². The number of piperazine rings is 1. The Bertz CT molecular complexity index is 905. The van der Waals surface area contributed by atoms with Crippen molar-refractivity contribution in [2.75, 3.05) is 49.9 Å². The van der Waals surface area contributed by atoms with Crippen molar-refractivity contribution >= 4 is 51.6 Å². The Balaban J connectivity index is 1.69. The molecule has 0 aliphatic carbocycles. The summed E-state index contributed by atoms with van der Waals surface area (Å²) in [5.74, 6) is 0.276. The van der Waals surface area contributed by atoms with Crippen molar-refractivity contribution in [3.8, 4) is 0 Å². The normalized spacial score (nSPS) is 15.7. The summed E-state index contributed by atoms with van der Waals surface area (Å²) in [7, 11) is 2.51. The predicted octanol–water partition coefficient (Wildman–Crippen LogP) is 4.06. The van der Waals surface area contributed by atoms with E-state index in [4.69, 9.17) is 0 Å². The first-order valence-electron chi connectivity index (χ1n) is 10.0. The average molecular weight is 467 g/mol. The lowest BCUT2D eigenvalue weighted by Gasteiger charge is -2.38. The molecule has 1 fully saturated rings. The standard InChI is InChI=1S/C21H30N4O2S3/c1-15(2)21(26)25-13-11-24(12-14-25)20-16(3)7-6-8-17(20)22-29-18-9-10-19(28-18)30(27)23(4)5/h6-10,15,22H,11-14H2,1-5H3. The molecule has 0 spiro atoms. The minimum atomic E-state index is -1.11. The van der Waals surface area contributed by atoms with Gasteiger partial charge in [-0.1, -0.05) is 26.0 Å². The van der Waals surface area contributed by atoms with Gasteiger partial charge >= 0.3 is 0 Å². The SMILES string of the molecule is Cc1cccc(NSc2ccc(S(=O)N(C)C)s2)c1N1CCN(C(=O)C(C)C)CC1. The third-order valence-corrected chi connectivity index (χ3v) is 8.62. The summed E-state index contributed by atoms with van der Waals surface area (Å²) in [6.07, 6.45) is 0. The summed E-state index contributed by atoms with van der Waals surface area (Å²) >= 11 is 3.09. The first-order valence-corrected chi connectivity index (χ1v) is 12.8. The van der Waals surface area contributed by atoms with Gasteiger partial charge in [-0.25, -0.2) is 8.51 Å². The number of nitrogens with zero attached hydrogens (tertiary/aromatic N) is 3. The fourth-order valence-corrected chi connectivity index (χ4v) is 6.66. The molecule has 2 heterocycles. The van der Waals surface area contributed by atoms with Crippen LogP contribution in [0.5, 0.6) is 0 Å². The van der Waals surface area contributed by atoms with Gasteiger partial charge in [-0.3, -0.25) is 4.79 Å². The van der Waals surface area contributed by atoms with E-state index in [0.717, 1.165) is 40.3 Å². The summed E-state index contributed by atoms with van der Waals surface area (Å²) < 4.78 is 19.4. The highest BCUT2D eigenvalue weighted by Gasteiger charge is 2.25. The van der Waals surface area contributed by atoms with Gasteiger partial charge in [-0.05, 0) is 56.7 Å². The number of hydrogen-bond acceptors (Lipinski definition) is 6. The molecule has 164 valence electrons. The lowest BCUT2D eigenvalue weighted by atomic mass is 10.1. The number of aryl methyl sites for hydroxylation is 1. The van der Waals surface area contributed by atoms with Crippen LogP contribution in [0.4, 0.5) is 11.4 Å². The number of carbonyl (C=O) groups excluding carboxylic acids is 1. The Labute approximate surface area is 190 Å². The molecule has 1 aromatic heterocycles. The van der Waals surface area contributed by atoms with Gasteiger partial charge < -0.3 is 14.5 Å². The molecule has 30 heavy (non-hydrogen) atoms. The number of thiophene rings is 1. The number of carbonyl (C=O) groups is 1. The molecular formula is C21H30N4O2S3. The number of nitrogens with one attached hydrogen (secondary N) is 1. The summed E-state index contributed by atoms with van der Waals surface area (Å²) in [5, 5.41) is 0. The van der Waals surface area contributed by atoms with E-state index in [1.54, 1.807) is 27.6 Å². The van der Waals surface area contributed by atoms with Crippen molar-refractivity contribution in [2.45, 2.75) is 29.2 Å². The molecule has 0 radical (unpaired) electrons. The quantitative estimate of drug-likeness (QED) is 0.624. The van der Waals surface area contributed by atoms with Crippen LogP contribution in [0.2, 0.25) is 0 Å². The predicted molar refractivity (Wildman–Crippen MR) is 129 cm³/mol. The van der Waals surface area contributed by atoms with E-state index in [9.17, 15) is 9.00 Å². The minimum absolute atomic E-state index is 0.0427. The van der Waals surface area contributed by atoms with Gasteiger partial charge in [0, 0.05) is 32.1 Å². The van der Waals surface area contributed by atoms with Gasteiger partial charge in [0.05, 0.1) is 15.6 Å². The maximum Gasteiger partial charge on any atom is 0.225 e. The van der Waals surface area contributed by atoms with Crippen molar-refractivity contribution in [3.05, 3.63) is 35.9 Å². The second kappa shape index (κ2) is 10.2. The molecular weight excluding hydrogens is 436 g/mol. The third-order valence-electron chi connectivity index (χ3n) is 4.96. The number of rotatable bonds is 7. The van der Waals surface area contributed by atoms with E-state index in [-0.39, 0.29) is 11.8 Å². The molecule has 1 aliphatic rings. The molecule has 1 saturated heterocycles. The number of para-hydroxylation sites is 1. The molecule has 1 atom stereocenters. The summed E-state index contributed by atoms with van der Waals surface area (Å²) in [4.78, 5) is 16.6. The first kappa shape index (κ1) is 23.1. The molecule has 1 aliphatic heterocycles. The number of hydrogen-bond donors (Lipinski definition) is 1. The summed E-state index contributed by atoms with van der Waals surface area (Å²) in [6.45, 7) is 9.20. The Morgan fingerprint density at radius 1 is 1.17 bits per heavy atom. The monoisotopic (exact) mass is 466 g/mol. The van der Waals surface area contributed by atoms with E-state index in [1.165, 1.54) is 11.3 Å². The second-order valence-corrected chi connectivity index (χ2v) is 11.9. The highest BCUT2D eigenvalue weighted by atomic mass is 32.2. The molecule has 1 amide bonds. The van der Waals surface area contributed by atoms with Crippen LogP contribution >= 0.6 is 23.3 Å². The lowest BCUT2D eigenvalue weighted by Crippen LogP contribution is -2.50. The summed E-state index contributed by atoms with van der Waals surface area (Å²) in [5.41, 5.74) is 3.47. The van der Waals surface area contributed by atoms with E-state index in [2.05, 4.69) is 34.7 Å². The third kappa shape index (κ3) is 5.38. The van der Waals surface area contributed by atoms with Gasteiger partial charge in [0.25, 0.3) is 0 Å². The number of benzene rings is 1. The Morgan fingerprint density at radius 3 is 2.50 bits per heavy atom. The van der Waals surface area contributed by atoms with Crippen molar-refractivity contribution in [2.24, 2.45) is 5.92 Å². The lowest BCUT2D eigenvalue weighted by molar-refractivity contribution is -0.134. The fourth-order valence-electron chi connectivity index (χ4n) is 3.41. The molecule has 0 saturated carbocycles. The van der Waals surface area contributed by atoms with Crippen LogP contribution in [0.15, 0.2) is 38.8 Å². The summed E-state index contributed by atoms with van der Waals surface area (Å²) in [6, 6.07) is 10.2. The van der Waals surface area contributed by atoms with E-state index < -0.39 is 11.0 Å². The molecule has 9 heteroatoms. The van der Waals surface area contributed by atoms with Crippen molar-refractivity contribution in [3.63, 3.8) is 0 Å². The Kier molecular flexibility index (Phi) is 7.84. The van der Waals surface area contributed by atoms with Crippen LogP contribution in [0, 0.1) is 12.8 Å². The minimum Gasteiger partial charge on any atom is -0.366 e. The largest absolute Gasteiger partial charge is 0.366 e. The average Bonchev–Trinajstić information content (AvgIpc) is 3.20. The van der Waals surface area contributed by atoms with Crippen LogP contribution < -0.4 is 9.62 Å². The van der Waals surface area contributed by atoms with Gasteiger partial charge in [0.1, 0.15) is 15.2 Å². The molecule has 6 nitrogen and oxygen atoms in total. The number of amides is 1. The van der Waals surface area contributed by atoms with Crippen LogP contribution in [-0.2, 0) is 15.8 Å². The fraction of sp³-hybridized carbons (Fsp3) is 0.476. The molecule has 0 bridgehead atoms. The molecule has 3 rings (SSSR count). The van der Waals surface area contributed by atoms with Crippen LogP contribution in [0.25, 0.3) is 0 Å². The van der Waals surface area contributed by atoms with Crippen LogP contribution in [-0.4, -0.2) is 59.6 Å². The van der Waals surface area contributed by atoms with Crippen molar-refractivity contribution in [1.82, 2.24) is 9.21 Å². The zero-order chi connectivity index (χ0) is 21.8. The van der Waals surface area contributed by atoms with E-state index in [1.807, 2.05) is 45.0 Å². The van der Waals surface area contributed by atoms with Gasteiger partial charge in [0.2, 0.25) is 5.91 Å². The topological polar surface area (TPSA) is 55.9 Å². The highest BCUT2D eigenvalue weighted by molar-refractivity contribution is 8.02. The molecule has 1 unspecified atom stereocenters. The van der Waals surface area contributed by atoms with Crippen molar-refractivity contribution in [1.29, 1.82) is 0 Å². The zero-order valence-corrected chi connectivity index (χ0v) is 20.6. The maximum atomic E-state index is 12.3. The van der Waals surface area contributed by atoms with Crippen LogP contribution in [0.1, 0.15) is 19.4 Å². The van der Waals surface area contributed by atoms with Crippen LogP contribution in [0.3, 0.4) is 0 Å². The van der Waals surface area contributed by atoms with E-state index in [0.29, 0.717) is 0 Å². The number of anilines is 2. The smallest absolute Gasteiger partial charge is 0.225 e. The molecule has 1 aromatic carbocycles. The highest BCUT2D eigenvalue weighted by Crippen LogP contribution is 2.36. The van der Waals surface area contributed by atoms with E-state index >= 15 is 0 Å². The Morgan fingerprint density at radius 2 is 1.87 bits per heavy atom. The first-order chi connectivity index (χ1) is 14.3. The van der Waals surface area contributed by atoms with Gasteiger partial charge in [-0.15, -0.1) is 11.3 Å². The van der Waals surface area contributed by atoms with Gasteiger partial charge in [-0.2, -0.15) is 0 Å².